The quantitative estimate of drug-likeness (QED) is 0.833. The molecule has 0 amide bonds. The third-order valence-corrected chi connectivity index (χ3v) is 4.13. The van der Waals surface area contributed by atoms with Crippen molar-refractivity contribution in [3.8, 4) is 11.1 Å². The standard InChI is InChI=1S/C16H14Cl2FN/c17-15-6-3-12(19)8-14(15)10-1-2-11(16(18)7-10)9-20-13-4-5-13/h1-3,6-8,13,20H,4-5,9H2. The molecular formula is C16H14Cl2FN. The van der Waals surface area contributed by atoms with Crippen LogP contribution in [-0.4, -0.2) is 6.04 Å². The Morgan fingerprint density at radius 1 is 1.05 bits per heavy atom. The molecule has 1 fully saturated rings. The van der Waals surface area contributed by atoms with Crippen LogP contribution in [0.3, 0.4) is 0 Å². The van der Waals surface area contributed by atoms with Gasteiger partial charge in [0.25, 0.3) is 0 Å². The molecule has 0 unspecified atom stereocenters. The summed E-state index contributed by atoms with van der Waals surface area (Å²) in [7, 11) is 0. The zero-order valence-corrected chi connectivity index (χ0v) is 12.3. The number of nitrogens with one attached hydrogen (secondary N) is 1. The van der Waals surface area contributed by atoms with Crippen molar-refractivity contribution in [2.24, 2.45) is 0 Å². The van der Waals surface area contributed by atoms with Crippen LogP contribution < -0.4 is 5.32 Å². The zero-order chi connectivity index (χ0) is 14.1. The molecule has 0 bridgehead atoms. The van der Waals surface area contributed by atoms with Gasteiger partial charge in [-0.2, -0.15) is 0 Å². The molecule has 0 spiro atoms. The molecule has 1 N–H and O–H groups in total. The summed E-state index contributed by atoms with van der Waals surface area (Å²) in [5.41, 5.74) is 2.54. The summed E-state index contributed by atoms with van der Waals surface area (Å²) in [5.74, 6) is -0.306. The molecule has 0 aromatic heterocycles. The number of benzene rings is 2. The Morgan fingerprint density at radius 3 is 2.55 bits per heavy atom. The Labute approximate surface area is 127 Å². The van der Waals surface area contributed by atoms with Gasteiger partial charge >= 0.3 is 0 Å². The van der Waals surface area contributed by atoms with Gasteiger partial charge in [0.2, 0.25) is 0 Å². The molecule has 0 aliphatic heterocycles. The van der Waals surface area contributed by atoms with Crippen molar-refractivity contribution in [1.29, 1.82) is 0 Å². The Balaban J connectivity index is 1.86. The number of hydrogen-bond donors (Lipinski definition) is 1. The first-order chi connectivity index (χ1) is 9.63. The van der Waals surface area contributed by atoms with Crippen molar-refractivity contribution in [2.75, 3.05) is 0 Å². The van der Waals surface area contributed by atoms with E-state index in [9.17, 15) is 4.39 Å². The average Bonchev–Trinajstić information content (AvgIpc) is 3.24. The van der Waals surface area contributed by atoms with E-state index in [2.05, 4.69) is 5.32 Å². The van der Waals surface area contributed by atoms with Crippen molar-refractivity contribution in [3.05, 3.63) is 57.8 Å². The Hall–Kier alpha value is -1.09. The molecule has 0 heterocycles. The van der Waals surface area contributed by atoms with Crippen LogP contribution in [0.1, 0.15) is 18.4 Å². The van der Waals surface area contributed by atoms with E-state index in [0.29, 0.717) is 21.7 Å². The number of rotatable bonds is 4. The van der Waals surface area contributed by atoms with Gasteiger partial charge in [-0.3, -0.25) is 0 Å². The molecule has 0 atom stereocenters. The molecule has 4 heteroatoms. The predicted molar refractivity (Wildman–Crippen MR) is 81.7 cm³/mol. The van der Waals surface area contributed by atoms with Crippen LogP contribution in [0, 0.1) is 5.82 Å². The second kappa shape index (κ2) is 5.72. The lowest BCUT2D eigenvalue weighted by Gasteiger charge is -2.09. The van der Waals surface area contributed by atoms with Crippen molar-refractivity contribution in [1.82, 2.24) is 5.32 Å². The van der Waals surface area contributed by atoms with Gasteiger partial charge in [0.15, 0.2) is 0 Å². The van der Waals surface area contributed by atoms with Gasteiger partial charge in [0, 0.05) is 28.2 Å². The first-order valence-corrected chi connectivity index (χ1v) is 7.36. The van der Waals surface area contributed by atoms with Crippen LogP contribution >= 0.6 is 23.2 Å². The van der Waals surface area contributed by atoms with E-state index in [0.717, 1.165) is 17.7 Å². The molecule has 1 saturated carbocycles. The summed E-state index contributed by atoms with van der Waals surface area (Å²) >= 11 is 12.4. The molecule has 20 heavy (non-hydrogen) atoms. The average molecular weight is 310 g/mol. The zero-order valence-electron chi connectivity index (χ0n) is 10.8. The van der Waals surface area contributed by atoms with E-state index in [1.807, 2.05) is 18.2 Å². The lowest BCUT2D eigenvalue weighted by Crippen LogP contribution is -2.15. The molecule has 104 valence electrons. The summed E-state index contributed by atoms with van der Waals surface area (Å²) in [6, 6.07) is 10.7. The maximum Gasteiger partial charge on any atom is 0.123 e. The van der Waals surface area contributed by atoms with E-state index >= 15 is 0 Å². The van der Waals surface area contributed by atoms with Crippen LogP contribution in [0.4, 0.5) is 4.39 Å². The van der Waals surface area contributed by atoms with Gasteiger partial charge in [-0.15, -0.1) is 0 Å². The molecule has 3 rings (SSSR count). The van der Waals surface area contributed by atoms with Crippen molar-refractivity contribution in [3.63, 3.8) is 0 Å². The van der Waals surface area contributed by atoms with Gasteiger partial charge in [-0.25, -0.2) is 4.39 Å². The van der Waals surface area contributed by atoms with Crippen molar-refractivity contribution < 1.29 is 4.39 Å². The van der Waals surface area contributed by atoms with Crippen molar-refractivity contribution in [2.45, 2.75) is 25.4 Å². The van der Waals surface area contributed by atoms with Crippen LogP contribution in [-0.2, 0) is 6.54 Å². The highest BCUT2D eigenvalue weighted by Gasteiger charge is 2.20. The van der Waals surface area contributed by atoms with Gasteiger partial charge < -0.3 is 5.32 Å². The van der Waals surface area contributed by atoms with Crippen LogP contribution in [0.25, 0.3) is 11.1 Å². The molecule has 1 aliphatic carbocycles. The minimum Gasteiger partial charge on any atom is -0.310 e. The fraction of sp³-hybridized carbons (Fsp3) is 0.250. The van der Waals surface area contributed by atoms with E-state index in [-0.39, 0.29) is 5.82 Å². The molecule has 2 aromatic rings. The van der Waals surface area contributed by atoms with Crippen LogP contribution in [0.5, 0.6) is 0 Å². The third-order valence-electron chi connectivity index (χ3n) is 3.45. The molecule has 0 saturated heterocycles. The smallest absolute Gasteiger partial charge is 0.123 e. The van der Waals surface area contributed by atoms with Crippen molar-refractivity contribution >= 4 is 23.2 Å². The number of halogens is 3. The summed E-state index contributed by atoms with van der Waals surface area (Å²) in [6.07, 6.45) is 2.49. The third kappa shape index (κ3) is 3.14. The van der Waals surface area contributed by atoms with Crippen LogP contribution in [0.15, 0.2) is 36.4 Å². The monoisotopic (exact) mass is 309 g/mol. The topological polar surface area (TPSA) is 12.0 Å². The van der Waals surface area contributed by atoms with E-state index in [1.165, 1.54) is 25.0 Å². The molecule has 1 aliphatic rings. The van der Waals surface area contributed by atoms with E-state index < -0.39 is 0 Å². The summed E-state index contributed by atoms with van der Waals surface area (Å²) in [4.78, 5) is 0. The van der Waals surface area contributed by atoms with Gasteiger partial charge in [0.05, 0.1) is 0 Å². The predicted octanol–water partition coefficient (Wildman–Crippen LogP) is 5.05. The second-order valence-corrected chi connectivity index (χ2v) is 5.90. The van der Waals surface area contributed by atoms with Crippen LogP contribution in [0.2, 0.25) is 10.0 Å². The van der Waals surface area contributed by atoms with Gasteiger partial charge in [-0.05, 0) is 48.2 Å². The lowest BCUT2D eigenvalue weighted by molar-refractivity contribution is 0.628. The lowest BCUT2D eigenvalue weighted by atomic mass is 10.0. The fourth-order valence-corrected chi connectivity index (χ4v) is 2.59. The van der Waals surface area contributed by atoms with E-state index in [1.54, 1.807) is 6.07 Å². The largest absolute Gasteiger partial charge is 0.310 e. The minimum atomic E-state index is -0.306. The second-order valence-electron chi connectivity index (χ2n) is 5.09. The summed E-state index contributed by atoms with van der Waals surface area (Å²) in [5, 5.41) is 4.62. The SMILES string of the molecule is Fc1ccc(Cl)c(-c2ccc(CNC3CC3)c(Cl)c2)c1. The first-order valence-electron chi connectivity index (χ1n) is 6.61. The van der Waals surface area contributed by atoms with Gasteiger partial charge in [0.1, 0.15) is 5.82 Å². The molecule has 0 radical (unpaired) electrons. The maximum absolute atomic E-state index is 13.3. The molecule has 1 nitrogen and oxygen atoms in total. The minimum absolute atomic E-state index is 0.306. The highest BCUT2D eigenvalue weighted by atomic mass is 35.5. The normalized spacial score (nSPS) is 14.6. The fourth-order valence-electron chi connectivity index (χ4n) is 2.12. The molecular weight excluding hydrogens is 296 g/mol. The first kappa shape index (κ1) is 13.9. The maximum atomic E-state index is 13.3. The highest BCUT2D eigenvalue weighted by molar-refractivity contribution is 6.34. The number of hydrogen-bond acceptors (Lipinski definition) is 1. The summed E-state index contributed by atoms with van der Waals surface area (Å²) in [6.45, 7) is 0.765. The summed E-state index contributed by atoms with van der Waals surface area (Å²) < 4.78 is 13.3. The van der Waals surface area contributed by atoms with Gasteiger partial charge in [-0.1, -0.05) is 35.3 Å². The Kier molecular flexibility index (Phi) is 3.97. The Morgan fingerprint density at radius 2 is 1.85 bits per heavy atom. The highest BCUT2D eigenvalue weighted by Crippen LogP contribution is 2.31. The molecule has 2 aromatic carbocycles. The Bertz CT molecular complexity index is 638. The van der Waals surface area contributed by atoms with E-state index in [4.69, 9.17) is 23.2 Å².